The molecule has 198 valence electrons. The van der Waals surface area contributed by atoms with Gasteiger partial charge >= 0.3 is 0 Å². The molecule has 0 radical (unpaired) electrons. The standard InChI is InChI=1S/C27H29BrO9/c1-5-9-34-12-26-25(31,11-28)27(33-4)24(37-26)23(35-26)17-13(2)10-15-19(22(17)36-27)20(30)18-14(21(15)32-3)7-6-8-16(18)29/h5,10,23-24,30-31H,1,6-9,11-12H2,2-4H3/t23?,24?,25-,26?,27-/m1/s1. The van der Waals surface area contributed by atoms with Crippen LogP contribution in [-0.4, -0.2) is 72.0 Å². The Morgan fingerprint density at radius 2 is 2.08 bits per heavy atom. The molecule has 2 fully saturated rings. The number of ether oxygens (including phenoxy) is 6. The number of halogens is 1. The predicted molar refractivity (Wildman–Crippen MR) is 136 cm³/mol. The van der Waals surface area contributed by atoms with Crippen molar-refractivity contribution in [2.24, 2.45) is 0 Å². The molecule has 4 aliphatic rings. The molecule has 0 saturated carbocycles. The van der Waals surface area contributed by atoms with Gasteiger partial charge in [-0.2, -0.15) is 0 Å². The summed E-state index contributed by atoms with van der Waals surface area (Å²) in [6.45, 7) is 5.72. The van der Waals surface area contributed by atoms with Crippen molar-refractivity contribution in [1.29, 1.82) is 0 Å². The van der Waals surface area contributed by atoms with E-state index < -0.39 is 29.4 Å². The van der Waals surface area contributed by atoms with Crippen LogP contribution >= 0.6 is 15.9 Å². The third kappa shape index (κ3) is 2.89. The Bertz CT molecular complexity index is 1340. The van der Waals surface area contributed by atoms with Crippen LogP contribution in [0.5, 0.6) is 17.2 Å². The van der Waals surface area contributed by atoms with Crippen molar-refractivity contribution in [3.63, 3.8) is 0 Å². The second-order valence-corrected chi connectivity index (χ2v) is 10.5. The fourth-order valence-electron chi connectivity index (χ4n) is 6.57. The van der Waals surface area contributed by atoms with Gasteiger partial charge in [-0.25, -0.2) is 0 Å². The van der Waals surface area contributed by atoms with E-state index in [9.17, 15) is 15.0 Å². The number of aryl methyl sites for hydroxylation is 1. The molecule has 5 atom stereocenters. The van der Waals surface area contributed by atoms with Gasteiger partial charge in [0.1, 0.15) is 30.0 Å². The minimum absolute atomic E-state index is 0.0171. The summed E-state index contributed by atoms with van der Waals surface area (Å²) in [7, 11) is 2.98. The lowest BCUT2D eigenvalue weighted by atomic mass is 9.76. The van der Waals surface area contributed by atoms with Crippen molar-refractivity contribution >= 4 is 32.5 Å². The highest BCUT2D eigenvalue weighted by Gasteiger charge is 2.84. The second kappa shape index (κ2) is 8.39. The number of phenolic OH excluding ortho intramolecular Hbond substituents is 1. The fourth-order valence-corrected chi connectivity index (χ4v) is 7.39. The second-order valence-electron chi connectivity index (χ2n) is 9.97. The molecule has 0 spiro atoms. The van der Waals surface area contributed by atoms with Crippen molar-refractivity contribution in [3.8, 4) is 17.2 Å². The van der Waals surface area contributed by atoms with Crippen molar-refractivity contribution in [2.45, 2.75) is 55.6 Å². The largest absolute Gasteiger partial charge is 0.506 e. The van der Waals surface area contributed by atoms with Gasteiger partial charge < -0.3 is 38.6 Å². The summed E-state index contributed by atoms with van der Waals surface area (Å²) in [4.78, 5) is 13.0. The Morgan fingerprint density at radius 1 is 1.30 bits per heavy atom. The van der Waals surface area contributed by atoms with Gasteiger partial charge in [-0.05, 0) is 31.4 Å². The van der Waals surface area contributed by atoms with Gasteiger partial charge in [-0.15, -0.1) is 6.58 Å². The van der Waals surface area contributed by atoms with Crippen molar-refractivity contribution in [3.05, 3.63) is 41.0 Å². The van der Waals surface area contributed by atoms with E-state index in [2.05, 4.69) is 22.5 Å². The third-order valence-corrected chi connectivity index (χ3v) is 9.00. The monoisotopic (exact) mass is 576 g/mol. The molecular formula is C27H29BrO9. The molecular weight excluding hydrogens is 548 g/mol. The molecule has 0 amide bonds. The first-order chi connectivity index (χ1) is 17.7. The van der Waals surface area contributed by atoms with E-state index >= 15 is 0 Å². The molecule has 1 aliphatic carbocycles. The highest BCUT2D eigenvalue weighted by molar-refractivity contribution is 9.09. The quantitative estimate of drug-likeness (QED) is 0.290. The number of Topliss-reactive ketones (excluding diaryl/α,β-unsaturated/α-hetero) is 1. The number of fused-ring (bicyclic) bond motifs is 6. The lowest BCUT2D eigenvalue weighted by Gasteiger charge is -2.53. The Labute approximate surface area is 222 Å². The highest BCUT2D eigenvalue weighted by Crippen LogP contribution is 2.66. The number of carbonyl (C=O) groups excluding carboxylic acids is 1. The van der Waals surface area contributed by atoms with Crippen LogP contribution in [0.15, 0.2) is 18.7 Å². The number of methoxy groups -OCH3 is 2. The molecule has 2 aromatic rings. The Hall–Kier alpha value is -2.21. The molecule has 2 aromatic carbocycles. The van der Waals surface area contributed by atoms with Crippen LogP contribution in [-0.2, 0) is 25.4 Å². The molecule has 10 heteroatoms. The molecule has 2 N–H and O–H groups in total. The van der Waals surface area contributed by atoms with Gasteiger partial charge in [0.15, 0.2) is 17.5 Å². The summed E-state index contributed by atoms with van der Waals surface area (Å²) < 4.78 is 36.9. The minimum Gasteiger partial charge on any atom is -0.506 e. The third-order valence-electron chi connectivity index (χ3n) is 8.19. The number of rotatable bonds is 7. The van der Waals surface area contributed by atoms with Crippen LogP contribution in [0.4, 0.5) is 0 Å². The number of benzene rings is 2. The summed E-state index contributed by atoms with van der Waals surface area (Å²) in [6.07, 6.45) is 1.70. The maximum Gasteiger partial charge on any atom is 0.275 e. The van der Waals surface area contributed by atoms with Crippen molar-refractivity contribution in [2.75, 3.05) is 32.8 Å². The number of hydrogen-bond donors (Lipinski definition) is 2. The van der Waals surface area contributed by atoms with E-state index in [1.54, 1.807) is 13.2 Å². The lowest BCUT2D eigenvalue weighted by molar-refractivity contribution is -0.352. The zero-order valence-electron chi connectivity index (χ0n) is 20.9. The Balaban J connectivity index is 1.64. The van der Waals surface area contributed by atoms with Crippen LogP contribution in [0.3, 0.4) is 0 Å². The van der Waals surface area contributed by atoms with Crippen LogP contribution < -0.4 is 9.47 Å². The van der Waals surface area contributed by atoms with Crippen LogP contribution in [0, 0.1) is 6.92 Å². The highest BCUT2D eigenvalue weighted by atomic mass is 79.9. The summed E-state index contributed by atoms with van der Waals surface area (Å²) in [6, 6.07) is 1.90. The lowest BCUT2D eigenvalue weighted by Crippen LogP contribution is -2.74. The fraction of sp³-hybridized carbons (Fsp3) is 0.519. The first-order valence-corrected chi connectivity index (χ1v) is 13.3. The molecule has 0 aromatic heterocycles. The zero-order valence-corrected chi connectivity index (χ0v) is 22.5. The molecule has 3 unspecified atom stereocenters. The molecule has 6 rings (SSSR count). The van der Waals surface area contributed by atoms with Gasteiger partial charge in [0.05, 0.1) is 24.7 Å². The summed E-state index contributed by atoms with van der Waals surface area (Å²) in [5.41, 5.74) is 0.566. The van der Waals surface area contributed by atoms with Crippen LogP contribution in [0.1, 0.15) is 46.0 Å². The number of aliphatic hydroxyl groups is 1. The normalized spacial score (nSPS) is 33.3. The number of phenols is 1. The topological polar surface area (TPSA) is 113 Å². The smallest absolute Gasteiger partial charge is 0.275 e. The van der Waals surface area contributed by atoms with Gasteiger partial charge in [0, 0.05) is 35.4 Å². The molecule has 3 heterocycles. The molecule has 2 bridgehead atoms. The average Bonchev–Trinajstić information content (AvgIpc) is 3.37. The maximum atomic E-state index is 13.0. The zero-order chi connectivity index (χ0) is 26.3. The minimum atomic E-state index is -1.84. The number of hydrogen-bond acceptors (Lipinski definition) is 9. The Kier molecular flexibility index (Phi) is 5.69. The summed E-state index contributed by atoms with van der Waals surface area (Å²) >= 11 is 3.42. The predicted octanol–water partition coefficient (Wildman–Crippen LogP) is 3.61. The van der Waals surface area contributed by atoms with Crippen molar-refractivity contribution in [1.82, 2.24) is 0 Å². The first-order valence-electron chi connectivity index (χ1n) is 12.2. The van der Waals surface area contributed by atoms with E-state index in [4.69, 9.17) is 28.4 Å². The van der Waals surface area contributed by atoms with Gasteiger partial charge in [-0.3, -0.25) is 4.79 Å². The Morgan fingerprint density at radius 3 is 2.76 bits per heavy atom. The molecule has 3 aliphatic heterocycles. The van der Waals surface area contributed by atoms with Gasteiger partial charge in [-0.1, -0.05) is 22.0 Å². The first kappa shape index (κ1) is 25.1. The van der Waals surface area contributed by atoms with Gasteiger partial charge in [0.2, 0.25) is 5.79 Å². The molecule has 9 nitrogen and oxygen atoms in total. The van der Waals surface area contributed by atoms with Crippen LogP contribution in [0.2, 0.25) is 0 Å². The SMILES string of the molecule is C=CCOCC12OC3c4c(C)cc5c(OC)c6c(c(O)c5c4O[C@](OC)(C3O1)[C@@]2(O)CBr)C(=O)CCC6. The summed E-state index contributed by atoms with van der Waals surface area (Å²) in [5, 5.41) is 24.5. The average molecular weight is 577 g/mol. The van der Waals surface area contributed by atoms with Crippen molar-refractivity contribution < 1.29 is 43.4 Å². The van der Waals surface area contributed by atoms with E-state index in [1.807, 2.05) is 13.0 Å². The number of carbonyl (C=O) groups is 1. The molecule has 37 heavy (non-hydrogen) atoms. The van der Waals surface area contributed by atoms with E-state index in [-0.39, 0.29) is 41.4 Å². The van der Waals surface area contributed by atoms with E-state index in [0.717, 1.165) is 5.56 Å². The maximum absolute atomic E-state index is 13.0. The van der Waals surface area contributed by atoms with Gasteiger partial charge in [0.25, 0.3) is 5.79 Å². The van der Waals surface area contributed by atoms with E-state index in [1.165, 1.54) is 7.11 Å². The molecule has 2 saturated heterocycles. The van der Waals surface area contributed by atoms with Crippen LogP contribution in [0.25, 0.3) is 10.8 Å². The number of alkyl halides is 1. The number of aromatic hydroxyl groups is 1. The van der Waals surface area contributed by atoms with E-state index in [0.29, 0.717) is 46.9 Å². The summed E-state index contributed by atoms with van der Waals surface area (Å²) in [5.74, 6) is -2.82. The number of ketones is 1.